The van der Waals surface area contributed by atoms with Gasteiger partial charge in [0.15, 0.2) is 6.10 Å². The minimum atomic E-state index is -4.17. The highest BCUT2D eigenvalue weighted by molar-refractivity contribution is 7.48. The number of hydrogen-bond acceptors (Lipinski definition) is 10. The molecule has 1 aliphatic heterocycles. The van der Waals surface area contributed by atoms with Gasteiger partial charge in [-0.15, -0.1) is 0 Å². The fourth-order valence-corrected chi connectivity index (χ4v) is 6.40. The molecule has 11 heteroatoms. The third-order valence-electron chi connectivity index (χ3n) is 7.59. The van der Waals surface area contributed by atoms with Crippen LogP contribution in [0.1, 0.15) is 63.1 Å². The molecule has 0 bridgehead atoms. The van der Waals surface area contributed by atoms with Gasteiger partial charge < -0.3 is 23.7 Å². The molecule has 48 heavy (non-hydrogen) atoms. The van der Waals surface area contributed by atoms with E-state index in [1.807, 2.05) is 105 Å². The Bertz CT molecular complexity index is 1350. The van der Waals surface area contributed by atoms with Crippen molar-refractivity contribution in [2.75, 3.05) is 19.8 Å². The Hall–Kier alpha value is -2.92. The summed E-state index contributed by atoms with van der Waals surface area (Å²) in [6.45, 7) is 6.40. The van der Waals surface area contributed by atoms with Crippen LogP contribution in [0.5, 0.6) is 0 Å². The molecule has 0 radical (unpaired) electrons. The molecule has 10 nitrogen and oxygen atoms in total. The highest BCUT2D eigenvalue weighted by Gasteiger charge is 2.52. The average Bonchev–Trinajstić information content (AvgIpc) is 3.09. The van der Waals surface area contributed by atoms with Gasteiger partial charge in [-0.2, -0.15) is 0 Å². The lowest BCUT2D eigenvalue weighted by atomic mass is 9.98. The number of carbonyl (C=O) groups excluding carboxylic acids is 1. The summed E-state index contributed by atoms with van der Waals surface area (Å²) in [6.07, 6.45) is -2.11. The van der Waals surface area contributed by atoms with E-state index in [9.17, 15) is 9.36 Å². The molecule has 1 aliphatic rings. The third kappa shape index (κ3) is 12.5. The number of rotatable bonds is 21. The summed E-state index contributed by atoms with van der Waals surface area (Å²) >= 11 is 0. The van der Waals surface area contributed by atoms with Gasteiger partial charge in [0.2, 0.25) is 6.29 Å². The first-order valence-electron chi connectivity index (χ1n) is 16.7. The first kappa shape index (κ1) is 37.9. The minimum absolute atomic E-state index is 0.0733. The maximum atomic E-state index is 14.1. The normalized spacial score (nSPS) is 21.2. The second-order valence-corrected chi connectivity index (χ2v) is 13.2. The number of ether oxygens (including phenoxy) is 5. The topological polar surface area (TPSA) is 108 Å². The zero-order valence-corrected chi connectivity index (χ0v) is 29.0. The van der Waals surface area contributed by atoms with Gasteiger partial charge in [-0.3, -0.25) is 18.4 Å². The molecule has 0 aliphatic carbocycles. The van der Waals surface area contributed by atoms with Crippen molar-refractivity contribution in [2.24, 2.45) is 0 Å². The van der Waals surface area contributed by atoms with Gasteiger partial charge in [-0.05, 0) is 29.5 Å². The Balaban J connectivity index is 1.67. The van der Waals surface area contributed by atoms with Gasteiger partial charge in [0.05, 0.1) is 39.6 Å². The predicted octanol–water partition coefficient (Wildman–Crippen LogP) is 7.79. The maximum Gasteiger partial charge on any atom is 0.477 e. The van der Waals surface area contributed by atoms with Crippen LogP contribution in [0.15, 0.2) is 91.0 Å². The van der Waals surface area contributed by atoms with E-state index in [0.717, 1.165) is 29.5 Å². The van der Waals surface area contributed by atoms with E-state index in [4.69, 9.17) is 37.3 Å². The lowest BCUT2D eigenvalue weighted by molar-refractivity contribution is -0.305. The highest BCUT2D eigenvalue weighted by Crippen LogP contribution is 2.52. The van der Waals surface area contributed by atoms with Crippen molar-refractivity contribution in [2.45, 2.75) is 97.0 Å². The van der Waals surface area contributed by atoms with Crippen molar-refractivity contribution >= 4 is 13.8 Å². The summed E-state index contributed by atoms with van der Waals surface area (Å²) in [7, 11) is -4.17. The zero-order chi connectivity index (χ0) is 34.0. The van der Waals surface area contributed by atoms with E-state index in [-0.39, 0.29) is 33.0 Å². The summed E-state index contributed by atoms with van der Waals surface area (Å²) in [6, 6.07) is 29.1. The number of carbonyl (C=O) groups is 1. The Kier molecular flexibility index (Phi) is 16.2. The molecule has 0 unspecified atom stereocenters. The average molecular weight is 685 g/mol. The van der Waals surface area contributed by atoms with Crippen LogP contribution in [0.25, 0.3) is 0 Å². The Labute approximate surface area is 284 Å². The Morgan fingerprint density at radius 3 is 1.65 bits per heavy atom. The molecular formula is C37H49O10P. The van der Waals surface area contributed by atoms with E-state index >= 15 is 0 Å². The second-order valence-electron chi connectivity index (χ2n) is 11.6. The predicted molar refractivity (Wildman–Crippen MR) is 181 cm³/mol. The van der Waals surface area contributed by atoms with Crippen LogP contribution < -0.4 is 0 Å². The summed E-state index contributed by atoms with van der Waals surface area (Å²) in [4.78, 5) is 12.6. The molecule has 262 valence electrons. The first-order chi connectivity index (χ1) is 23.4. The van der Waals surface area contributed by atoms with Crippen LogP contribution in [0.4, 0.5) is 0 Å². The van der Waals surface area contributed by atoms with Crippen molar-refractivity contribution in [1.82, 2.24) is 0 Å². The first-order valence-corrected chi connectivity index (χ1v) is 18.2. The number of benzene rings is 3. The Morgan fingerprint density at radius 2 is 1.17 bits per heavy atom. The van der Waals surface area contributed by atoms with Crippen LogP contribution in [-0.2, 0) is 66.4 Å². The molecule has 4 rings (SSSR count). The van der Waals surface area contributed by atoms with Crippen LogP contribution in [0.3, 0.4) is 0 Å². The maximum absolute atomic E-state index is 14.1. The molecule has 0 spiro atoms. The molecule has 3 aromatic rings. The van der Waals surface area contributed by atoms with Crippen molar-refractivity contribution in [1.29, 1.82) is 0 Å². The number of phosphoric acid groups is 1. The van der Waals surface area contributed by atoms with Crippen LogP contribution in [0.2, 0.25) is 0 Å². The number of hydrogen-bond donors (Lipinski definition) is 0. The van der Waals surface area contributed by atoms with Gasteiger partial charge in [0, 0.05) is 6.92 Å². The largest absolute Gasteiger partial charge is 0.477 e. The van der Waals surface area contributed by atoms with Crippen molar-refractivity contribution in [3.8, 4) is 0 Å². The molecule has 1 fully saturated rings. The van der Waals surface area contributed by atoms with Crippen LogP contribution in [0, 0.1) is 0 Å². The molecule has 5 atom stereocenters. The fourth-order valence-electron chi connectivity index (χ4n) is 5.07. The lowest BCUT2D eigenvalue weighted by Crippen LogP contribution is -2.62. The molecular weight excluding hydrogens is 635 g/mol. The summed E-state index contributed by atoms with van der Waals surface area (Å²) in [5, 5.41) is 0. The van der Waals surface area contributed by atoms with E-state index in [1.54, 1.807) is 0 Å². The molecule has 3 aromatic carbocycles. The molecule has 0 saturated carbocycles. The van der Waals surface area contributed by atoms with Crippen LogP contribution in [-0.4, -0.2) is 56.5 Å². The van der Waals surface area contributed by atoms with Gasteiger partial charge in [0.1, 0.15) is 18.3 Å². The third-order valence-corrected chi connectivity index (χ3v) is 9.05. The highest BCUT2D eigenvalue weighted by atomic mass is 31.2. The van der Waals surface area contributed by atoms with E-state index in [1.165, 1.54) is 6.92 Å². The number of phosphoric ester groups is 1. The van der Waals surface area contributed by atoms with Crippen molar-refractivity contribution < 1.29 is 46.6 Å². The van der Waals surface area contributed by atoms with E-state index < -0.39 is 44.5 Å². The SMILES string of the molecule is CCCCOP(=O)(OCCCC)O[C@@H]1O[C@H](COCc2ccccc2)[C@@H](OCc2ccccc2)[C@H](OCc2ccccc2)[C@H]1OC(C)=O. The zero-order valence-electron chi connectivity index (χ0n) is 28.1. The summed E-state index contributed by atoms with van der Waals surface area (Å²) in [5.41, 5.74) is 2.82. The molecule has 0 amide bonds. The summed E-state index contributed by atoms with van der Waals surface area (Å²) < 4.78 is 63.1. The number of esters is 1. The molecule has 0 aromatic heterocycles. The van der Waals surface area contributed by atoms with Gasteiger partial charge in [0.25, 0.3) is 0 Å². The molecule has 1 saturated heterocycles. The lowest BCUT2D eigenvalue weighted by Gasteiger charge is -2.45. The van der Waals surface area contributed by atoms with Gasteiger partial charge in [-0.1, -0.05) is 118 Å². The fraction of sp³-hybridized carbons (Fsp3) is 0.486. The van der Waals surface area contributed by atoms with Crippen LogP contribution >= 0.6 is 7.82 Å². The second kappa shape index (κ2) is 20.6. The Morgan fingerprint density at radius 1 is 0.688 bits per heavy atom. The minimum Gasteiger partial charge on any atom is -0.454 e. The van der Waals surface area contributed by atoms with Crippen molar-refractivity contribution in [3.63, 3.8) is 0 Å². The van der Waals surface area contributed by atoms with E-state index in [2.05, 4.69) is 0 Å². The van der Waals surface area contributed by atoms with Gasteiger partial charge >= 0.3 is 13.8 Å². The standard InChI is InChI=1S/C37H49O10P/c1-4-6-23-43-48(39,44-24-7-5-2)47-37-36(45-29(3)38)35(42-27-32-21-15-10-16-22-32)34(41-26-31-19-13-9-14-20-31)33(46-37)28-40-25-30-17-11-8-12-18-30/h8-22,33-37H,4-7,23-28H2,1-3H3/t33-,34-,35+,36-,37+/m1/s1. The van der Waals surface area contributed by atoms with Crippen molar-refractivity contribution in [3.05, 3.63) is 108 Å². The summed E-state index contributed by atoms with van der Waals surface area (Å²) in [5.74, 6) is -0.597. The number of unbranched alkanes of at least 4 members (excludes halogenated alkanes) is 2. The van der Waals surface area contributed by atoms with E-state index in [0.29, 0.717) is 19.4 Å². The molecule has 0 N–H and O–H groups in total. The van der Waals surface area contributed by atoms with Gasteiger partial charge in [-0.25, -0.2) is 4.57 Å². The quantitative estimate of drug-likeness (QED) is 0.0627. The smallest absolute Gasteiger partial charge is 0.454 e. The molecule has 1 heterocycles. The monoisotopic (exact) mass is 684 g/mol.